The second kappa shape index (κ2) is 3.05. The van der Waals surface area contributed by atoms with Crippen molar-refractivity contribution in [3.63, 3.8) is 0 Å². The molecule has 10 heavy (non-hydrogen) atoms. The van der Waals surface area contributed by atoms with Crippen molar-refractivity contribution in [3.8, 4) is 11.8 Å². The molecule has 1 aliphatic rings. The fourth-order valence-corrected chi connectivity index (χ4v) is 1.07. The summed E-state index contributed by atoms with van der Waals surface area (Å²) >= 11 is 0. The van der Waals surface area contributed by atoms with Gasteiger partial charge in [0.15, 0.2) is 0 Å². The molecule has 1 heterocycles. The Morgan fingerprint density at radius 1 is 1.50 bits per heavy atom. The summed E-state index contributed by atoms with van der Waals surface area (Å²) in [5, 5.41) is 9.48. The lowest BCUT2D eigenvalue weighted by atomic mass is 10.1. The Balaban J connectivity index is 2.53. The van der Waals surface area contributed by atoms with Crippen molar-refractivity contribution in [2.75, 3.05) is 6.61 Å². The molecule has 1 aliphatic heterocycles. The quantitative estimate of drug-likeness (QED) is 0.506. The summed E-state index contributed by atoms with van der Waals surface area (Å²) in [6, 6.07) is 0. The lowest BCUT2D eigenvalue weighted by Crippen LogP contribution is -2.34. The largest absolute Gasteiger partial charge is 0.356 e. The van der Waals surface area contributed by atoms with Gasteiger partial charge in [0, 0.05) is 6.42 Å². The third-order valence-corrected chi connectivity index (χ3v) is 1.57. The monoisotopic (exact) mass is 140 g/mol. The van der Waals surface area contributed by atoms with Gasteiger partial charge in [-0.25, -0.2) is 0 Å². The van der Waals surface area contributed by atoms with E-state index in [0.717, 1.165) is 12.8 Å². The minimum atomic E-state index is -1.13. The normalized spacial score (nSPS) is 32.6. The van der Waals surface area contributed by atoms with Gasteiger partial charge in [0.1, 0.15) is 0 Å². The van der Waals surface area contributed by atoms with Crippen LogP contribution in [0.15, 0.2) is 0 Å². The van der Waals surface area contributed by atoms with Crippen LogP contribution in [0.5, 0.6) is 0 Å². The molecule has 0 amide bonds. The van der Waals surface area contributed by atoms with Gasteiger partial charge in [-0.15, -0.1) is 5.92 Å². The fourth-order valence-electron chi connectivity index (χ4n) is 1.07. The van der Waals surface area contributed by atoms with E-state index < -0.39 is 5.79 Å². The third-order valence-electron chi connectivity index (χ3n) is 1.57. The zero-order valence-corrected chi connectivity index (χ0v) is 6.18. The standard InChI is InChI=1S/C8H12O2/c1-2-5-8(9)6-3-4-7-10-8/h9H,3-4,6-7H2,1H3/t8-/m0/s1. The molecular formula is C8H12O2. The summed E-state index contributed by atoms with van der Waals surface area (Å²) in [4.78, 5) is 0. The number of rotatable bonds is 0. The zero-order valence-electron chi connectivity index (χ0n) is 6.18. The van der Waals surface area contributed by atoms with E-state index >= 15 is 0 Å². The predicted octanol–water partition coefficient (Wildman–Crippen LogP) is 0.899. The lowest BCUT2D eigenvalue weighted by Gasteiger charge is -2.26. The third kappa shape index (κ3) is 1.73. The number of hydrogen-bond donors (Lipinski definition) is 1. The second-order valence-corrected chi connectivity index (χ2v) is 2.46. The summed E-state index contributed by atoms with van der Waals surface area (Å²) in [7, 11) is 0. The molecule has 56 valence electrons. The maximum Gasteiger partial charge on any atom is 0.231 e. The van der Waals surface area contributed by atoms with Crippen LogP contribution >= 0.6 is 0 Å². The van der Waals surface area contributed by atoms with Gasteiger partial charge in [-0.05, 0) is 25.7 Å². The highest BCUT2D eigenvalue weighted by Crippen LogP contribution is 2.20. The van der Waals surface area contributed by atoms with Gasteiger partial charge in [0.05, 0.1) is 6.61 Å². The van der Waals surface area contributed by atoms with Crippen LogP contribution in [-0.4, -0.2) is 17.5 Å². The molecule has 0 saturated carbocycles. The van der Waals surface area contributed by atoms with E-state index in [2.05, 4.69) is 11.8 Å². The molecule has 0 aromatic heterocycles. The van der Waals surface area contributed by atoms with Gasteiger partial charge in [0.2, 0.25) is 5.79 Å². The van der Waals surface area contributed by atoms with E-state index in [1.165, 1.54) is 0 Å². The van der Waals surface area contributed by atoms with Crippen LogP contribution in [0.25, 0.3) is 0 Å². The van der Waals surface area contributed by atoms with Crippen molar-refractivity contribution < 1.29 is 9.84 Å². The zero-order chi connectivity index (χ0) is 7.45. The Kier molecular flexibility index (Phi) is 2.31. The maximum atomic E-state index is 9.48. The van der Waals surface area contributed by atoms with Crippen molar-refractivity contribution in [2.45, 2.75) is 32.0 Å². The molecule has 2 heteroatoms. The molecule has 0 aliphatic carbocycles. The van der Waals surface area contributed by atoms with Crippen LogP contribution in [-0.2, 0) is 4.74 Å². The van der Waals surface area contributed by atoms with Crippen molar-refractivity contribution >= 4 is 0 Å². The fraction of sp³-hybridized carbons (Fsp3) is 0.750. The molecular weight excluding hydrogens is 128 g/mol. The maximum absolute atomic E-state index is 9.48. The molecule has 1 N–H and O–H groups in total. The van der Waals surface area contributed by atoms with Crippen molar-refractivity contribution in [2.24, 2.45) is 0 Å². The molecule has 2 nitrogen and oxygen atoms in total. The minimum Gasteiger partial charge on any atom is -0.356 e. The Morgan fingerprint density at radius 3 is 2.80 bits per heavy atom. The molecule has 0 aromatic rings. The van der Waals surface area contributed by atoms with Crippen molar-refractivity contribution in [1.82, 2.24) is 0 Å². The first-order chi connectivity index (χ1) is 4.77. The highest BCUT2D eigenvalue weighted by molar-refractivity contribution is 5.08. The van der Waals surface area contributed by atoms with Crippen LogP contribution in [0.1, 0.15) is 26.2 Å². The van der Waals surface area contributed by atoms with E-state index in [0.29, 0.717) is 13.0 Å². The van der Waals surface area contributed by atoms with Crippen molar-refractivity contribution in [3.05, 3.63) is 0 Å². The van der Waals surface area contributed by atoms with Crippen LogP contribution in [0.2, 0.25) is 0 Å². The van der Waals surface area contributed by atoms with E-state index in [9.17, 15) is 5.11 Å². The van der Waals surface area contributed by atoms with E-state index in [4.69, 9.17) is 4.74 Å². The summed E-state index contributed by atoms with van der Waals surface area (Å²) in [6.45, 7) is 2.33. The van der Waals surface area contributed by atoms with E-state index in [1.807, 2.05) is 0 Å². The SMILES string of the molecule is CC#C[C@@]1(O)CCCCO1. The Labute approximate surface area is 61.2 Å². The number of aliphatic hydroxyl groups is 1. The first-order valence-corrected chi connectivity index (χ1v) is 3.57. The minimum absolute atomic E-state index is 0.630. The smallest absolute Gasteiger partial charge is 0.231 e. The molecule has 0 spiro atoms. The van der Waals surface area contributed by atoms with Gasteiger partial charge < -0.3 is 9.84 Å². The molecule has 1 saturated heterocycles. The number of hydrogen-bond acceptors (Lipinski definition) is 2. The van der Waals surface area contributed by atoms with Crippen LogP contribution in [0.4, 0.5) is 0 Å². The van der Waals surface area contributed by atoms with E-state index in [1.54, 1.807) is 6.92 Å². The van der Waals surface area contributed by atoms with Gasteiger partial charge in [-0.2, -0.15) is 0 Å². The Hall–Kier alpha value is -0.520. The van der Waals surface area contributed by atoms with Crippen LogP contribution < -0.4 is 0 Å². The molecule has 1 fully saturated rings. The predicted molar refractivity (Wildman–Crippen MR) is 38.2 cm³/mol. The van der Waals surface area contributed by atoms with Gasteiger partial charge >= 0.3 is 0 Å². The molecule has 0 bridgehead atoms. The summed E-state index contributed by atoms with van der Waals surface area (Å²) in [5.74, 6) is 4.17. The van der Waals surface area contributed by atoms with E-state index in [-0.39, 0.29) is 0 Å². The molecule has 0 aromatic carbocycles. The van der Waals surface area contributed by atoms with Crippen LogP contribution in [0, 0.1) is 11.8 Å². The van der Waals surface area contributed by atoms with Crippen molar-refractivity contribution in [1.29, 1.82) is 0 Å². The average Bonchev–Trinajstić information content (AvgIpc) is 1.89. The topological polar surface area (TPSA) is 29.5 Å². The van der Waals surface area contributed by atoms with Crippen LogP contribution in [0.3, 0.4) is 0 Å². The first-order valence-electron chi connectivity index (χ1n) is 3.57. The molecule has 1 rings (SSSR count). The highest BCUT2D eigenvalue weighted by Gasteiger charge is 2.27. The summed E-state index contributed by atoms with van der Waals surface area (Å²) < 4.78 is 5.09. The van der Waals surface area contributed by atoms with Gasteiger partial charge in [0.25, 0.3) is 0 Å². The Morgan fingerprint density at radius 2 is 2.30 bits per heavy atom. The number of ether oxygens (including phenoxy) is 1. The molecule has 0 unspecified atom stereocenters. The Bertz CT molecular complexity index is 158. The molecule has 0 radical (unpaired) electrons. The highest BCUT2D eigenvalue weighted by atomic mass is 16.6. The summed E-state index contributed by atoms with van der Waals surface area (Å²) in [5.41, 5.74) is 0. The first kappa shape index (κ1) is 7.59. The molecule has 1 atom stereocenters. The summed E-state index contributed by atoms with van der Waals surface area (Å²) in [6.07, 6.45) is 2.69. The second-order valence-electron chi connectivity index (χ2n) is 2.46. The van der Waals surface area contributed by atoms with Gasteiger partial charge in [-0.3, -0.25) is 0 Å². The van der Waals surface area contributed by atoms with Gasteiger partial charge in [-0.1, -0.05) is 0 Å². The average molecular weight is 140 g/mol. The lowest BCUT2D eigenvalue weighted by molar-refractivity contribution is -0.181.